The van der Waals surface area contributed by atoms with Crippen molar-refractivity contribution >= 4 is 27.9 Å². The highest BCUT2D eigenvalue weighted by Crippen LogP contribution is 2.47. The minimum atomic E-state index is -1.40. The van der Waals surface area contributed by atoms with E-state index >= 15 is 0 Å². The Kier molecular flexibility index (Phi) is 3.76. The molecule has 1 aromatic heterocycles. The van der Waals surface area contributed by atoms with E-state index in [9.17, 15) is 14.7 Å². The molecule has 3 amide bonds. The number of hydrogen-bond acceptors (Lipinski definition) is 4. The first-order valence-electron chi connectivity index (χ1n) is 9.03. The molecule has 1 saturated heterocycles. The van der Waals surface area contributed by atoms with Crippen LogP contribution in [0.4, 0.5) is 4.79 Å². The van der Waals surface area contributed by atoms with Gasteiger partial charge in [-0.1, -0.05) is 12.1 Å². The number of ether oxygens (including phenoxy) is 1. The van der Waals surface area contributed by atoms with Crippen LogP contribution >= 0.6 is 15.9 Å². The van der Waals surface area contributed by atoms with Gasteiger partial charge in [0.15, 0.2) is 5.72 Å². The van der Waals surface area contributed by atoms with E-state index in [0.29, 0.717) is 12.1 Å². The topological polar surface area (TPSA) is 95.8 Å². The van der Waals surface area contributed by atoms with Crippen molar-refractivity contribution in [1.29, 1.82) is 0 Å². The molecule has 0 radical (unpaired) electrons. The number of methoxy groups -OCH3 is 1. The largest absolute Gasteiger partial charge is 0.497 e. The van der Waals surface area contributed by atoms with Gasteiger partial charge in [0.2, 0.25) is 0 Å². The summed E-state index contributed by atoms with van der Waals surface area (Å²) in [4.78, 5) is 26.6. The standard InChI is InChI=1S/C19H19BrN4O4/c1-28-11-4-2-10(3-5-11)9-23-18(26)22-16-15-13(8-19(16,23)27)24-12(17(25)21-15)6-7-14(24)20/h2-7,13,15-16,27H,8-9H2,1H3,(H,21,25)(H,22,26). The van der Waals surface area contributed by atoms with Gasteiger partial charge in [-0.05, 0) is 45.8 Å². The molecule has 9 heteroatoms. The van der Waals surface area contributed by atoms with Gasteiger partial charge in [0.25, 0.3) is 5.91 Å². The van der Waals surface area contributed by atoms with E-state index in [0.717, 1.165) is 15.9 Å². The van der Waals surface area contributed by atoms with Crippen molar-refractivity contribution in [3.63, 3.8) is 0 Å². The van der Waals surface area contributed by atoms with Gasteiger partial charge in [-0.3, -0.25) is 9.69 Å². The zero-order valence-electron chi connectivity index (χ0n) is 15.1. The third kappa shape index (κ3) is 2.32. The Labute approximate surface area is 169 Å². The van der Waals surface area contributed by atoms with E-state index in [-0.39, 0.29) is 24.5 Å². The third-order valence-corrected chi connectivity index (χ3v) is 6.65. The molecule has 1 saturated carbocycles. The molecule has 0 bridgehead atoms. The summed E-state index contributed by atoms with van der Waals surface area (Å²) in [6.07, 6.45) is 0.317. The van der Waals surface area contributed by atoms with Crippen molar-refractivity contribution in [1.82, 2.24) is 20.1 Å². The molecule has 1 aliphatic carbocycles. The molecule has 2 aliphatic heterocycles. The molecule has 3 heterocycles. The van der Waals surface area contributed by atoms with E-state index in [2.05, 4.69) is 26.6 Å². The molecule has 3 N–H and O–H groups in total. The zero-order valence-corrected chi connectivity index (χ0v) is 16.6. The normalized spacial score (nSPS) is 30.4. The third-order valence-electron chi connectivity index (χ3n) is 6.00. The molecule has 146 valence electrons. The Balaban J connectivity index is 1.48. The first-order chi connectivity index (χ1) is 13.4. The average Bonchev–Trinajstić information content (AvgIpc) is 3.27. The van der Waals surface area contributed by atoms with Gasteiger partial charge in [0, 0.05) is 6.42 Å². The van der Waals surface area contributed by atoms with Crippen molar-refractivity contribution in [3.8, 4) is 5.75 Å². The second kappa shape index (κ2) is 5.99. The van der Waals surface area contributed by atoms with Crippen LogP contribution in [0.25, 0.3) is 0 Å². The second-order valence-electron chi connectivity index (χ2n) is 7.42. The average molecular weight is 447 g/mol. The quantitative estimate of drug-likeness (QED) is 0.666. The first kappa shape index (κ1) is 17.6. The van der Waals surface area contributed by atoms with E-state index in [1.54, 1.807) is 13.2 Å². The summed E-state index contributed by atoms with van der Waals surface area (Å²) in [6.45, 7) is 0.260. The highest BCUT2D eigenvalue weighted by atomic mass is 79.9. The number of amides is 3. The van der Waals surface area contributed by atoms with E-state index in [1.807, 2.05) is 34.9 Å². The van der Waals surface area contributed by atoms with E-state index in [4.69, 9.17) is 4.74 Å². The monoisotopic (exact) mass is 446 g/mol. The van der Waals surface area contributed by atoms with Crippen molar-refractivity contribution in [2.45, 2.75) is 36.8 Å². The van der Waals surface area contributed by atoms with Crippen LogP contribution in [0.1, 0.15) is 28.5 Å². The van der Waals surface area contributed by atoms with Gasteiger partial charge in [-0.2, -0.15) is 0 Å². The molecule has 1 aromatic carbocycles. The number of aromatic nitrogens is 1. The van der Waals surface area contributed by atoms with Crippen molar-refractivity contribution in [3.05, 3.63) is 52.3 Å². The van der Waals surface area contributed by atoms with Crippen LogP contribution in [0, 0.1) is 0 Å². The van der Waals surface area contributed by atoms with Crippen molar-refractivity contribution < 1.29 is 19.4 Å². The molecule has 8 nitrogen and oxygen atoms in total. The van der Waals surface area contributed by atoms with E-state index in [1.165, 1.54) is 4.90 Å². The summed E-state index contributed by atoms with van der Waals surface area (Å²) >= 11 is 3.50. The lowest BCUT2D eigenvalue weighted by Gasteiger charge is -2.32. The minimum Gasteiger partial charge on any atom is -0.497 e. The number of urea groups is 1. The summed E-state index contributed by atoms with van der Waals surface area (Å²) in [5, 5.41) is 17.4. The molecule has 4 unspecified atom stereocenters. The number of halogens is 1. The minimum absolute atomic E-state index is 0.161. The molecule has 0 spiro atoms. The van der Waals surface area contributed by atoms with Crippen LogP contribution in [-0.4, -0.2) is 51.4 Å². The van der Waals surface area contributed by atoms with Gasteiger partial charge in [0.1, 0.15) is 17.5 Å². The number of fused-ring (bicyclic) bond motifs is 5. The fraction of sp³-hybridized carbons (Fsp3) is 0.368. The number of carbonyl (C=O) groups is 2. The maximum atomic E-state index is 12.6. The summed E-state index contributed by atoms with van der Waals surface area (Å²) in [5.41, 5.74) is 0.0294. The first-order valence-corrected chi connectivity index (χ1v) is 9.83. The lowest BCUT2D eigenvalue weighted by Crippen LogP contribution is -2.56. The number of rotatable bonds is 3. The van der Waals surface area contributed by atoms with Gasteiger partial charge in [-0.15, -0.1) is 0 Å². The predicted octanol–water partition coefficient (Wildman–Crippen LogP) is 1.60. The molecule has 4 atom stereocenters. The van der Waals surface area contributed by atoms with Crippen molar-refractivity contribution in [2.75, 3.05) is 7.11 Å². The number of carbonyl (C=O) groups excluding carboxylic acids is 2. The van der Waals surface area contributed by atoms with Crippen LogP contribution < -0.4 is 15.4 Å². The summed E-state index contributed by atoms with van der Waals surface area (Å²) in [6, 6.07) is 9.48. The van der Waals surface area contributed by atoms with Gasteiger partial charge in [0.05, 0.1) is 30.3 Å². The summed E-state index contributed by atoms with van der Waals surface area (Å²) in [5.74, 6) is 0.518. The number of nitrogens with one attached hydrogen (secondary N) is 2. The Morgan fingerprint density at radius 1 is 1.21 bits per heavy atom. The maximum absolute atomic E-state index is 12.6. The molecular formula is C19H19BrN4O4. The van der Waals surface area contributed by atoms with Gasteiger partial charge >= 0.3 is 6.03 Å². The fourth-order valence-electron chi connectivity index (χ4n) is 4.67. The molecule has 3 aliphatic rings. The van der Waals surface area contributed by atoms with Crippen LogP contribution in [0.2, 0.25) is 0 Å². The lowest BCUT2D eigenvalue weighted by atomic mass is 10.0. The van der Waals surface area contributed by atoms with Crippen LogP contribution in [0.15, 0.2) is 41.0 Å². The second-order valence-corrected chi connectivity index (χ2v) is 8.23. The number of hydrogen-bond donors (Lipinski definition) is 3. The zero-order chi connectivity index (χ0) is 19.6. The Bertz CT molecular complexity index is 975. The molecule has 28 heavy (non-hydrogen) atoms. The fourth-order valence-corrected chi connectivity index (χ4v) is 5.25. The highest BCUT2D eigenvalue weighted by Gasteiger charge is 2.64. The van der Waals surface area contributed by atoms with Gasteiger partial charge in [-0.25, -0.2) is 4.79 Å². The molecular weight excluding hydrogens is 428 g/mol. The Morgan fingerprint density at radius 3 is 2.68 bits per heavy atom. The van der Waals surface area contributed by atoms with Crippen molar-refractivity contribution in [2.24, 2.45) is 0 Å². The summed E-state index contributed by atoms with van der Waals surface area (Å²) in [7, 11) is 1.60. The van der Waals surface area contributed by atoms with Crippen LogP contribution in [-0.2, 0) is 6.54 Å². The SMILES string of the molecule is COc1ccc(CN2C(=O)NC3C4NC(=O)c5ccc(Br)n5C4CC32O)cc1. The molecule has 5 rings (SSSR count). The predicted molar refractivity (Wildman–Crippen MR) is 103 cm³/mol. The number of nitrogens with zero attached hydrogens (tertiary/aromatic N) is 2. The smallest absolute Gasteiger partial charge is 0.320 e. The number of aliphatic hydroxyl groups is 1. The summed E-state index contributed by atoms with van der Waals surface area (Å²) < 4.78 is 7.85. The Morgan fingerprint density at radius 2 is 1.96 bits per heavy atom. The Hall–Kier alpha value is -2.52. The lowest BCUT2D eigenvalue weighted by molar-refractivity contribution is -0.0717. The number of benzene rings is 1. The van der Waals surface area contributed by atoms with E-state index < -0.39 is 17.8 Å². The van der Waals surface area contributed by atoms with Crippen LogP contribution in [0.5, 0.6) is 5.75 Å². The maximum Gasteiger partial charge on any atom is 0.320 e. The molecule has 2 aromatic rings. The van der Waals surface area contributed by atoms with Gasteiger partial charge < -0.3 is 25.0 Å². The highest BCUT2D eigenvalue weighted by molar-refractivity contribution is 9.10. The van der Waals surface area contributed by atoms with Crippen LogP contribution in [0.3, 0.4) is 0 Å². The molecule has 2 fully saturated rings.